The van der Waals surface area contributed by atoms with E-state index in [1.165, 1.54) is 17.4 Å². The monoisotopic (exact) mass is 327 g/mol. The molecule has 0 aliphatic carbocycles. The van der Waals surface area contributed by atoms with Gasteiger partial charge < -0.3 is 9.84 Å². The summed E-state index contributed by atoms with van der Waals surface area (Å²) in [7, 11) is -2.00. The number of methoxy groups -OCH3 is 1. The largest absolute Gasteiger partial charge is 0.496 e. The summed E-state index contributed by atoms with van der Waals surface area (Å²) in [5.74, 6) is 0.739. The van der Waals surface area contributed by atoms with E-state index in [2.05, 4.69) is 4.72 Å². The van der Waals surface area contributed by atoms with Crippen LogP contribution in [0.15, 0.2) is 40.6 Å². The number of aliphatic hydroxyl groups excluding tert-OH is 1. The maximum atomic E-state index is 12.2. The molecule has 2 N–H and O–H groups in total. The summed E-state index contributed by atoms with van der Waals surface area (Å²) >= 11 is 1.22. The first-order valence-electron chi connectivity index (χ1n) is 6.37. The van der Waals surface area contributed by atoms with Crippen molar-refractivity contribution in [2.75, 3.05) is 13.7 Å². The highest BCUT2D eigenvalue weighted by Crippen LogP contribution is 2.22. The molecule has 0 bridgehead atoms. The van der Waals surface area contributed by atoms with Crippen molar-refractivity contribution in [3.63, 3.8) is 0 Å². The van der Waals surface area contributed by atoms with Gasteiger partial charge in [0.1, 0.15) is 5.75 Å². The van der Waals surface area contributed by atoms with Gasteiger partial charge in [0.2, 0.25) is 10.0 Å². The number of thiophene rings is 1. The molecular formula is C14H17NO4S2. The van der Waals surface area contributed by atoms with Gasteiger partial charge in [-0.2, -0.15) is 0 Å². The minimum atomic E-state index is -3.59. The number of para-hydroxylation sites is 1. The minimum absolute atomic E-state index is 0.148. The van der Waals surface area contributed by atoms with Gasteiger partial charge in [-0.3, -0.25) is 0 Å². The molecule has 0 amide bonds. The number of ether oxygens (including phenoxy) is 1. The standard InChI is InChI=1S/C14H17NO4S2/c1-19-12-5-3-2-4-11(12)6-8-15-21(17,18)14-7-9-20-13(14)10-16/h2-5,7,9,15-16H,6,8,10H2,1H3. The molecule has 1 aromatic heterocycles. The van der Waals surface area contributed by atoms with Crippen molar-refractivity contribution in [2.24, 2.45) is 0 Å². The molecule has 0 saturated carbocycles. The quantitative estimate of drug-likeness (QED) is 0.813. The predicted molar refractivity (Wildman–Crippen MR) is 82.1 cm³/mol. The Morgan fingerprint density at radius 1 is 1.29 bits per heavy atom. The van der Waals surface area contributed by atoms with Crippen LogP contribution >= 0.6 is 11.3 Å². The Hall–Kier alpha value is -1.41. The molecule has 5 nitrogen and oxygen atoms in total. The van der Waals surface area contributed by atoms with Crippen LogP contribution in [0.25, 0.3) is 0 Å². The number of hydrogen-bond donors (Lipinski definition) is 2. The molecule has 0 spiro atoms. The van der Waals surface area contributed by atoms with Crippen LogP contribution in [-0.4, -0.2) is 27.2 Å². The van der Waals surface area contributed by atoms with Crippen LogP contribution in [0.4, 0.5) is 0 Å². The Labute approximate surface area is 128 Å². The average Bonchev–Trinajstić information content (AvgIpc) is 2.97. The lowest BCUT2D eigenvalue weighted by atomic mass is 10.1. The van der Waals surface area contributed by atoms with Crippen molar-refractivity contribution < 1.29 is 18.3 Å². The molecule has 0 aliphatic rings. The Kier molecular flexibility index (Phi) is 5.35. The number of hydrogen-bond acceptors (Lipinski definition) is 5. The van der Waals surface area contributed by atoms with E-state index in [1.807, 2.05) is 24.3 Å². The van der Waals surface area contributed by atoms with E-state index >= 15 is 0 Å². The Morgan fingerprint density at radius 3 is 2.76 bits per heavy atom. The van der Waals surface area contributed by atoms with Crippen LogP contribution < -0.4 is 9.46 Å². The van der Waals surface area contributed by atoms with Gasteiger partial charge in [-0.15, -0.1) is 11.3 Å². The second kappa shape index (κ2) is 7.04. The Balaban J connectivity index is 2.03. The van der Waals surface area contributed by atoms with Crippen LogP contribution in [-0.2, 0) is 23.1 Å². The van der Waals surface area contributed by atoms with Crippen molar-refractivity contribution in [2.45, 2.75) is 17.9 Å². The average molecular weight is 327 g/mol. The summed E-state index contributed by atoms with van der Waals surface area (Å²) in [5.41, 5.74) is 0.940. The molecule has 0 saturated heterocycles. The first-order chi connectivity index (χ1) is 10.1. The summed E-state index contributed by atoms with van der Waals surface area (Å²) in [6.07, 6.45) is 0.530. The van der Waals surface area contributed by atoms with E-state index in [1.54, 1.807) is 12.5 Å². The maximum absolute atomic E-state index is 12.2. The lowest BCUT2D eigenvalue weighted by Crippen LogP contribution is -2.26. The van der Waals surface area contributed by atoms with Crippen LogP contribution in [0.1, 0.15) is 10.4 Å². The smallest absolute Gasteiger partial charge is 0.241 e. The molecule has 21 heavy (non-hydrogen) atoms. The number of sulfonamides is 1. The third-order valence-corrected chi connectivity index (χ3v) is 5.60. The normalized spacial score (nSPS) is 11.5. The Bertz CT molecular complexity index is 695. The van der Waals surface area contributed by atoms with Gasteiger partial charge in [0.25, 0.3) is 0 Å². The fraction of sp³-hybridized carbons (Fsp3) is 0.286. The summed E-state index contributed by atoms with van der Waals surface area (Å²) in [6.45, 7) is -0.0101. The molecule has 2 rings (SSSR count). The molecule has 7 heteroatoms. The molecule has 0 radical (unpaired) electrons. The van der Waals surface area contributed by atoms with E-state index < -0.39 is 10.0 Å². The molecule has 114 valence electrons. The van der Waals surface area contributed by atoms with Gasteiger partial charge in [-0.25, -0.2) is 13.1 Å². The molecule has 1 heterocycles. The van der Waals surface area contributed by atoms with Crippen molar-refractivity contribution >= 4 is 21.4 Å². The number of rotatable bonds is 7. The van der Waals surface area contributed by atoms with Crippen molar-refractivity contribution in [1.29, 1.82) is 0 Å². The van der Waals surface area contributed by atoms with Gasteiger partial charge in [0, 0.05) is 11.4 Å². The topological polar surface area (TPSA) is 75.6 Å². The van der Waals surface area contributed by atoms with E-state index in [0.717, 1.165) is 11.3 Å². The zero-order valence-corrected chi connectivity index (χ0v) is 13.2. The zero-order chi connectivity index (χ0) is 15.3. The molecular weight excluding hydrogens is 310 g/mol. The predicted octanol–water partition coefficient (Wildman–Crippen LogP) is 1.77. The van der Waals surface area contributed by atoms with Crippen LogP contribution in [0.5, 0.6) is 5.75 Å². The van der Waals surface area contributed by atoms with E-state index in [-0.39, 0.29) is 18.0 Å². The highest BCUT2D eigenvalue weighted by Gasteiger charge is 2.18. The second-order valence-electron chi connectivity index (χ2n) is 4.33. The Morgan fingerprint density at radius 2 is 2.05 bits per heavy atom. The number of aliphatic hydroxyl groups is 1. The second-order valence-corrected chi connectivity index (χ2v) is 7.06. The summed E-state index contributed by atoms with van der Waals surface area (Å²) < 4.78 is 32.1. The van der Waals surface area contributed by atoms with Crippen molar-refractivity contribution in [1.82, 2.24) is 4.72 Å². The highest BCUT2D eigenvalue weighted by atomic mass is 32.2. The zero-order valence-electron chi connectivity index (χ0n) is 11.6. The minimum Gasteiger partial charge on any atom is -0.496 e. The van der Waals surface area contributed by atoms with E-state index in [9.17, 15) is 8.42 Å². The summed E-state index contributed by atoms with van der Waals surface area (Å²) in [5, 5.41) is 10.8. The van der Waals surface area contributed by atoms with Crippen LogP contribution in [0.3, 0.4) is 0 Å². The van der Waals surface area contributed by atoms with Crippen molar-refractivity contribution in [3.8, 4) is 5.75 Å². The lowest BCUT2D eigenvalue weighted by Gasteiger charge is -2.09. The van der Waals surface area contributed by atoms with Gasteiger partial charge in [0.15, 0.2) is 0 Å². The maximum Gasteiger partial charge on any atom is 0.241 e. The molecule has 1 aromatic carbocycles. The number of benzene rings is 1. The first-order valence-corrected chi connectivity index (χ1v) is 8.73. The van der Waals surface area contributed by atoms with Gasteiger partial charge >= 0.3 is 0 Å². The highest BCUT2D eigenvalue weighted by molar-refractivity contribution is 7.89. The van der Waals surface area contributed by atoms with Gasteiger partial charge in [-0.05, 0) is 29.5 Å². The third kappa shape index (κ3) is 3.82. The molecule has 0 fully saturated rings. The summed E-state index contributed by atoms with van der Waals surface area (Å²) in [4.78, 5) is 0.592. The lowest BCUT2D eigenvalue weighted by molar-refractivity contribution is 0.282. The number of nitrogens with one attached hydrogen (secondary N) is 1. The van der Waals surface area contributed by atoms with Crippen LogP contribution in [0.2, 0.25) is 0 Å². The first kappa shape index (κ1) is 16.0. The van der Waals surface area contributed by atoms with E-state index in [0.29, 0.717) is 11.3 Å². The molecule has 0 unspecified atom stereocenters. The van der Waals surface area contributed by atoms with Crippen LogP contribution in [0, 0.1) is 0 Å². The molecule has 0 aliphatic heterocycles. The molecule has 2 aromatic rings. The van der Waals surface area contributed by atoms with Crippen molar-refractivity contribution in [3.05, 3.63) is 46.2 Å². The summed E-state index contributed by atoms with van der Waals surface area (Å²) in [6, 6.07) is 8.99. The van der Waals surface area contributed by atoms with Gasteiger partial charge in [-0.1, -0.05) is 18.2 Å². The fourth-order valence-corrected chi connectivity index (χ4v) is 4.32. The SMILES string of the molecule is COc1ccccc1CCNS(=O)(=O)c1ccsc1CO. The molecule has 0 atom stereocenters. The third-order valence-electron chi connectivity index (χ3n) is 3.02. The van der Waals surface area contributed by atoms with Gasteiger partial charge in [0.05, 0.1) is 18.6 Å². The van der Waals surface area contributed by atoms with E-state index in [4.69, 9.17) is 9.84 Å². The fourth-order valence-electron chi connectivity index (χ4n) is 1.99.